The van der Waals surface area contributed by atoms with Crippen molar-refractivity contribution < 1.29 is 18.8 Å². The summed E-state index contributed by atoms with van der Waals surface area (Å²) in [5, 5.41) is 4.99. The SMILES string of the molecule is CCOC(=O)c1cc2cc([C@@H]3CCOC4(CC4)C3)ccc2n1[C@@]1(c2noc(=O)[nH]2)C[C@@H]1C. The first-order valence-electron chi connectivity index (χ1n) is 11.5. The Morgan fingerprint density at radius 2 is 2.12 bits per heavy atom. The van der Waals surface area contributed by atoms with Gasteiger partial charge in [-0.1, -0.05) is 18.1 Å². The van der Waals surface area contributed by atoms with Crippen molar-refractivity contribution in [1.29, 1.82) is 0 Å². The molecule has 1 aliphatic heterocycles. The van der Waals surface area contributed by atoms with E-state index in [4.69, 9.17) is 14.0 Å². The second-order valence-electron chi connectivity index (χ2n) is 9.60. The summed E-state index contributed by atoms with van der Waals surface area (Å²) in [4.78, 5) is 27.4. The van der Waals surface area contributed by atoms with E-state index in [1.54, 1.807) is 6.92 Å². The lowest BCUT2D eigenvalue weighted by atomic mass is 9.87. The third-order valence-corrected chi connectivity index (χ3v) is 7.60. The van der Waals surface area contributed by atoms with Crippen molar-refractivity contribution in [3.63, 3.8) is 0 Å². The van der Waals surface area contributed by atoms with Crippen LogP contribution in [0.3, 0.4) is 0 Å². The molecule has 3 atom stereocenters. The van der Waals surface area contributed by atoms with Gasteiger partial charge in [0.25, 0.3) is 0 Å². The van der Waals surface area contributed by atoms with Crippen LogP contribution in [0.25, 0.3) is 10.9 Å². The van der Waals surface area contributed by atoms with Gasteiger partial charge in [0.1, 0.15) is 11.2 Å². The van der Waals surface area contributed by atoms with E-state index >= 15 is 0 Å². The fourth-order valence-electron chi connectivity index (χ4n) is 5.65. The number of rotatable bonds is 5. The molecule has 0 bridgehead atoms. The van der Waals surface area contributed by atoms with Crippen LogP contribution in [0, 0.1) is 5.92 Å². The Morgan fingerprint density at radius 3 is 2.78 bits per heavy atom. The summed E-state index contributed by atoms with van der Waals surface area (Å²) in [5.41, 5.74) is 2.16. The van der Waals surface area contributed by atoms with Crippen LogP contribution < -0.4 is 5.76 Å². The fraction of sp³-hybridized carbons (Fsp3) is 0.542. The van der Waals surface area contributed by atoms with Crippen molar-refractivity contribution in [2.75, 3.05) is 13.2 Å². The minimum absolute atomic E-state index is 0.103. The van der Waals surface area contributed by atoms with Crippen molar-refractivity contribution in [2.45, 2.75) is 63.0 Å². The standard InChI is InChI=1S/C24H27N3O5/c1-3-30-20(28)19-11-17-10-15(16-6-9-31-23(13-16)7-8-23)4-5-18(17)27(19)24(12-14(24)2)21-25-22(29)32-26-21/h4-5,10-11,14,16H,3,6-9,12-13H2,1-2H3,(H,25,26,29)/t14-,16+,24-/m0/s1. The van der Waals surface area contributed by atoms with Gasteiger partial charge in [-0.2, -0.15) is 0 Å². The maximum Gasteiger partial charge on any atom is 0.438 e. The largest absolute Gasteiger partial charge is 0.461 e. The van der Waals surface area contributed by atoms with E-state index in [0.717, 1.165) is 49.6 Å². The monoisotopic (exact) mass is 437 g/mol. The van der Waals surface area contributed by atoms with Gasteiger partial charge in [-0.05, 0) is 74.6 Å². The number of esters is 1. The molecule has 1 N–H and O–H groups in total. The van der Waals surface area contributed by atoms with Crippen molar-refractivity contribution in [3.05, 3.63) is 51.9 Å². The number of hydrogen-bond donors (Lipinski definition) is 1. The van der Waals surface area contributed by atoms with Gasteiger partial charge in [0.2, 0.25) is 0 Å². The number of hydrogen-bond acceptors (Lipinski definition) is 6. The predicted molar refractivity (Wildman–Crippen MR) is 116 cm³/mol. The van der Waals surface area contributed by atoms with E-state index in [9.17, 15) is 9.59 Å². The molecular formula is C24H27N3O5. The molecule has 3 aromatic rings. The number of aromatic nitrogens is 3. The minimum Gasteiger partial charge on any atom is -0.461 e. The quantitative estimate of drug-likeness (QED) is 0.611. The Balaban J connectivity index is 1.48. The van der Waals surface area contributed by atoms with E-state index in [-0.39, 0.29) is 17.5 Å². The first-order chi connectivity index (χ1) is 15.5. The van der Waals surface area contributed by atoms with Gasteiger partial charge in [0.15, 0.2) is 5.82 Å². The van der Waals surface area contributed by atoms with Gasteiger partial charge < -0.3 is 14.0 Å². The maximum absolute atomic E-state index is 13.0. The molecule has 3 aliphatic rings. The number of nitrogens with zero attached hydrogens (tertiary/aromatic N) is 2. The summed E-state index contributed by atoms with van der Waals surface area (Å²) in [6.45, 7) is 4.97. The third kappa shape index (κ3) is 2.88. The number of benzene rings is 1. The van der Waals surface area contributed by atoms with Gasteiger partial charge in [-0.15, -0.1) is 0 Å². The predicted octanol–water partition coefficient (Wildman–Crippen LogP) is 3.70. The van der Waals surface area contributed by atoms with Crippen LogP contribution in [0.15, 0.2) is 33.6 Å². The highest BCUT2D eigenvalue weighted by Gasteiger charge is 2.59. The number of carbonyl (C=O) groups excluding carboxylic acids is 1. The Labute approximate surface area is 184 Å². The van der Waals surface area contributed by atoms with Crippen molar-refractivity contribution in [1.82, 2.24) is 14.7 Å². The zero-order valence-electron chi connectivity index (χ0n) is 18.3. The molecule has 168 valence electrons. The average Bonchev–Trinajstić information content (AvgIpc) is 3.55. The summed E-state index contributed by atoms with van der Waals surface area (Å²) < 4.78 is 18.2. The first kappa shape index (κ1) is 19.8. The lowest BCUT2D eigenvalue weighted by Gasteiger charge is -2.30. The van der Waals surface area contributed by atoms with Crippen LogP contribution in [-0.4, -0.2) is 39.5 Å². The second-order valence-corrected chi connectivity index (χ2v) is 9.60. The Bertz CT molecular complexity index is 1270. The molecule has 3 heterocycles. The molecule has 8 heteroatoms. The summed E-state index contributed by atoms with van der Waals surface area (Å²) in [5.74, 6) is 0.117. The van der Waals surface area contributed by atoms with Gasteiger partial charge in [-0.3, -0.25) is 9.51 Å². The molecule has 0 amide bonds. The Morgan fingerprint density at radius 1 is 1.31 bits per heavy atom. The van der Waals surface area contributed by atoms with Crippen molar-refractivity contribution in [2.24, 2.45) is 5.92 Å². The molecular weight excluding hydrogens is 410 g/mol. The number of carbonyl (C=O) groups is 1. The van der Waals surface area contributed by atoms with Crippen LogP contribution in [0.2, 0.25) is 0 Å². The fourth-order valence-corrected chi connectivity index (χ4v) is 5.65. The third-order valence-electron chi connectivity index (χ3n) is 7.60. The van der Waals surface area contributed by atoms with Crippen LogP contribution in [0.1, 0.15) is 73.7 Å². The number of H-pyrrole nitrogens is 1. The average molecular weight is 437 g/mol. The molecule has 0 radical (unpaired) electrons. The topological polar surface area (TPSA) is 99.3 Å². The summed E-state index contributed by atoms with van der Waals surface area (Å²) in [6, 6.07) is 8.38. The van der Waals surface area contributed by atoms with Gasteiger partial charge in [0.05, 0.1) is 12.2 Å². The lowest BCUT2D eigenvalue weighted by molar-refractivity contribution is -0.0132. The molecule has 0 unspecified atom stereocenters. The summed E-state index contributed by atoms with van der Waals surface area (Å²) >= 11 is 0. The smallest absolute Gasteiger partial charge is 0.438 e. The highest BCUT2D eigenvalue weighted by atomic mass is 16.5. The van der Waals surface area contributed by atoms with E-state index in [1.165, 1.54) is 5.56 Å². The van der Waals surface area contributed by atoms with Crippen LogP contribution in [0.5, 0.6) is 0 Å². The van der Waals surface area contributed by atoms with Crippen LogP contribution >= 0.6 is 0 Å². The zero-order valence-corrected chi connectivity index (χ0v) is 18.3. The van der Waals surface area contributed by atoms with E-state index in [2.05, 4.69) is 35.3 Å². The van der Waals surface area contributed by atoms with Crippen molar-refractivity contribution in [3.8, 4) is 0 Å². The highest BCUT2D eigenvalue weighted by molar-refractivity contribution is 5.96. The van der Waals surface area contributed by atoms with E-state index < -0.39 is 11.3 Å². The zero-order chi connectivity index (χ0) is 22.1. The van der Waals surface area contributed by atoms with Crippen LogP contribution in [0.4, 0.5) is 0 Å². The summed E-state index contributed by atoms with van der Waals surface area (Å²) in [6.07, 6.45) is 5.14. The molecule has 3 fully saturated rings. The van der Waals surface area contributed by atoms with E-state index in [0.29, 0.717) is 24.0 Å². The van der Waals surface area contributed by atoms with E-state index in [1.807, 2.05) is 10.6 Å². The minimum atomic E-state index is -0.631. The lowest BCUT2D eigenvalue weighted by Crippen LogP contribution is -2.27. The maximum atomic E-state index is 13.0. The highest BCUT2D eigenvalue weighted by Crippen LogP contribution is 2.56. The molecule has 1 saturated heterocycles. The normalized spacial score (nSPS) is 28.2. The summed E-state index contributed by atoms with van der Waals surface area (Å²) in [7, 11) is 0. The first-order valence-corrected chi connectivity index (χ1v) is 11.5. The Kier molecular flexibility index (Phi) is 4.21. The van der Waals surface area contributed by atoms with Crippen molar-refractivity contribution >= 4 is 16.9 Å². The van der Waals surface area contributed by atoms with Gasteiger partial charge in [0, 0.05) is 17.5 Å². The number of ether oxygens (including phenoxy) is 2. The molecule has 32 heavy (non-hydrogen) atoms. The second kappa shape index (κ2) is 6.81. The molecule has 6 rings (SSSR count). The molecule has 2 aromatic heterocycles. The number of aromatic amines is 1. The number of fused-ring (bicyclic) bond motifs is 1. The molecule has 2 saturated carbocycles. The Hall–Kier alpha value is -2.87. The molecule has 8 nitrogen and oxygen atoms in total. The van der Waals surface area contributed by atoms with Gasteiger partial charge in [-0.25, -0.2) is 9.59 Å². The molecule has 1 aromatic carbocycles. The van der Waals surface area contributed by atoms with Crippen LogP contribution in [-0.2, 0) is 15.0 Å². The van der Waals surface area contributed by atoms with Gasteiger partial charge >= 0.3 is 11.7 Å². The number of nitrogens with one attached hydrogen (secondary N) is 1. The molecule has 1 spiro atoms. The molecule has 2 aliphatic carbocycles.